The first-order chi connectivity index (χ1) is 10.5. The molecule has 0 spiro atoms. The zero-order valence-electron chi connectivity index (χ0n) is 12.5. The van der Waals surface area contributed by atoms with E-state index in [0.717, 1.165) is 16.2 Å². The van der Waals surface area contributed by atoms with Crippen LogP contribution in [0.1, 0.15) is 40.6 Å². The molecule has 1 aromatic heterocycles. The lowest BCUT2D eigenvalue weighted by Crippen LogP contribution is -2.23. The third-order valence-electron chi connectivity index (χ3n) is 3.48. The van der Waals surface area contributed by atoms with Gasteiger partial charge in [-0.1, -0.05) is 19.9 Å². The molecule has 1 aliphatic rings. The van der Waals surface area contributed by atoms with E-state index in [1.165, 1.54) is 11.3 Å². The van der Waals surface area contributed by atoms with Crippen molar-refractivity contribution in [3.05, 3.63) is 40.3 Å². The number of hydrogen-bond acceptors (Lipinski definition) is 5. The van der Waals surface area contributed by atoms with Crippen LogP contribution in [-0.4, -0.2) is 12.7 Å². The minimum absolute atomic E-state index is 0.154. The zero-order valence-corrected chi connectivity index (χ0v) is 13.3. The molecular formula is C16H18N2O3S. The molecule has 0 bridgehead atoms. The second kappa shape index (κ2) is 5.88. The minimum atomic E-state index is -0.154. The molecular weight excluding hydrogens is 300 g/mol. The van der Waals surface area contributed by atoms with Gasteiger partial charge in [0.1, 0.15) is 0 Å². The molecule has 22 heavy (non-hydrogen) atoms. The molecule has 3 N–H and O–H groups in total. The number of nitrogens with one attached hydrogen (secondary N) is 1. The maximum absolute atomic E-state index is 12.3. The summed E-state index contributed by atoms with van der Waals surface area (Å²) in [5, 5.41) is 3.45. The van der Waals surface area contributed by atoms with Crippen LogP contribution >= 0.6 is 11.3 Å². The van der Waals surface area contributed by atoms with Gasteiger partial charge >= 0.3 is 0 Å². The molecule has 1 aliphatic heterocycles. The smallest absolute Gasteiger partial charge is 0.254 e. The Bertz CT molecular complexity index is 709. The van der Waals surface area contributed by atoms with Gasteiger partial charge in [0.15, 0.2) is 11.5 Å². The normalized spacial score (nSPS) is 12.7. The van der Waals surface area contributed by atoms with Crippen molar-refractivity contribution in [2.75, 3.05) is 12.5 Å². The van der Waals surface area contributed by atoms with E-state index < -0.39 is 0 Å². The van der Waals surface area contributed by atoms with Gasteiger partial charge in [0, 0.05) is 11.4 Å². The van der Waals surface area contributed by atoms with Crippen LogP contribution in [0.5, 0.6) is 11.5 Å². The summed E-state index contributed by atoms with van der Waals surface area (Å²) >= 11 is 1.47. The van der Waals surface area contributed by atoms with E-state index in [2.05, 4.69) is 19.2 Å². The minimum Gasteiger partial charge on any atom is -0.454 e. The van der Waals surface area contributed by atoms with Gasteiger partial charge in [0.25, 0.3) is 5.91 Å². The second-order valence-corrected chi connectivity index (χ2v) is 6.57. The van der Waals surface area contributed by atoms with Crippen LogP contribution in [0.4, 0.5) is 5.00 Å². The molecule has 2 aromatic rings. The molecule has 6 heteroatoms. The number of anilines is 1. The van der Waals surface area contributed by atoms with Crippen molar-refractivity contribution < 1.29 is 14.3 Å². The fraction of sp³-hybridized carbons (Fsp3) is 0.312. The fourth-order valence-electron chi connectivity index (χ4n) is 2.22. The zero-order chi connectivity index (χ0) is 15.7. The average molecular weight is 318 g/mol. The molecule has 0 aliphatic carbocycles. The summed E-state index contributed by atoms with van der Waals surface area (Å²) in [6.07, 6.45) is 0. The number of amides is 1. The predicted molar refractivity (Wildman–Crippen MR) is 86.6 cm³/mol. The predicted octanol–water partition coefficient (Wildman–Crippen LogP) is 3.11. The number of ether oxygens (including phenoxy) is 2. The lowest BCUT2D eigenvalue weighted by atomic mass is 10.1. The molecule has 3 rings (SSSR count). The van der Waals surface area contributed by atoms with Crippen LogP contribution in [-0.2, 0) is 6.54 Å². The monoisotopic (exact) mass is 318 g/mol. The Morgan fingerprint density at radius 1 is 1.32 bits per heavy atom. The first kappa shape index (κ1) is 14.7. The van der Waals surface area contributed by atoms with Crippen LogP contribution in [0.15, 0.2) is 24.3 Å². The molecule has 1 aromatic carbocycles. The Hall–Kier alpha value is -2.21. The van der Waals surface area contributed by atoms with Crippen molar-refractivity contribution in [3.8, 4) is 11.5 Å². The van der Waals surface area contributed by atoms with Crippen molar-refractivity contribution in [1.82, 2.24) is 5.32 Å². The molecule has 5 nitrogen and oxygen atoms in total. The molecule has 116 valence electrons. The van der Waals surface area contributed by atoms with Crippen LogP contribution in [0.3, 0.4) is 0 Å². The Labute approximate surface area is 133 Å². The molecule has 0 saturated heterocycles. The molecule has 0 saturated carbocycles. The first-order valence-corrected chi connectivity index (χ1v) is 7.92. The number of fused-ring (bicyclic) bond motifs is 1. The topological polar surface area (TPSA) is 73.6 Å². The molecule has 2 heterocycles. The summed E-state index contributed by atoms with van der Waals surface area (Å²) < 4.78 is 10.6. The highest BCUT2D eigenvalue weighted by molar-refractivity contribution is 7.16. The Kier molecular flexibility index (Phi) is 3.94. The van der Waals surface area contributed by atoms with Crippen molar-refractivity contribution in [3.63, 3.8) is 0 Å². The fourth-order valence-corrected chi connectivity index (χ4v) is 3.14. The highest BCUT2D eigenvalue weighted by Crippen LogP contribution is 2.33. The maximum Gasteiger partial charge on any atom is 0.254 e. The highest BCUT2D eigenvalue weighted by atomic mass is 32.1. The molecule has 0 fully saturated rings. The molecule has 0 atom stereocenters. The van der Waals surface area contributed by atoms with Gasteiger partial charge in [0.05, 0.1) is 10.6 Å². The van der Waals surface area contributed by atoms with Crippen molar-refractivity contribution in [1.29, 1.82) is 0 Å². The largest absolute Gasteiger partial charge is 0.454 e. The van der Waals surface area contributed by atoms with Gasteiger partial charge in [-0.25, -0.2) is 0 Å². The van der Waals surface area contributed by atoms with Crippen molar-refractivity contribution >= 4 is 22.2 Å². The highest BCUT2D eigenvalue weighted by Gasteiger charge is 2.17. The second-order valence-electron chi connectivity index (χ2n) is 5.45. The quantitative estimate of drug-likeness (QED) is 0.908. The summed E-state index contributed by atoms with van der Waals surface area (Å²) in [6, 6.07) is 7.50. The van der Waals surface area contributed by atoms with E-state index in [1.54, 1.807) is 0 Å². The standard InChI is InChI=1S/C16H18N2O3S/c1-9(2)14-6-11(15(17)22-14)16(19)18-7-10-3-4-12-13(5-10)21-8-20-12/h3-6,9H,7-8,17H2,1-2H3,(H,18,19). The van der Waals surface area contributed by atoms with E-state index in [9.17, 15) is 4.79 Å². The van der Waals surface area contributed by atoms with E-state index in [-0.39, 0.29) is 12.7 Å². The number of carbonyl (C=O) groups excluding carboxylic acids is 1. The van der Waals surface area contributed by atoms with Gasteiger partial charge in [-0.3, -0.25) is 4.79 Å². The SMILES string of the molecule is CC(C)c1cc(C(=O)NCc2ccc3c(c2)OCO3)c(N)s1. The number of benzene rings is 1. The maximum atomic E-state index is 12.3. The van der Waals surface area contributed by atoms with Gasteiger partial charge < -0.3 is 20.5 Å². The number of thiophene rings is 1. The average Bonchev–Trinajstić information content (AvgIpc) is 3.10. The van der Waals surface area contributed by atoms with E-state index in [1.807, 2.05) is 24.3 Å². The van der Waals surface area contributed by atoms with Crippen molar-refractivity contribution in [2.45, 2.75) is 26.3 Å². The van der Waals surface area contributed by atoms with Crippen LogP contribution in [0.25, 0.3) is 0 Å². The van der Waals surface area contributed by atoms with Gasteiger partial charge in [-0.2, -0.15) is 0 Å². The van der Waals surface area contributed by atoms with E-state index >= 15 is 0 Å². The molecule has 0 radical (unpaired) electrons. The lowest BCUT2D eigenvalue weighted by Gasteiger charge is -2.06. The summed E-state index contributed by atoms with van der Waals surface area (Å²) in [5.41, 5.74) is 7.45. The third kappa shape index (κ3) is 2.87. The van der Waals surface area contributed by atoms with Crippen LogP contribution in [0, 0.1) is 0 Å². The van der Waals surface area contributed by atoms with E-state index in [0.29, 0.717) is 28.8 Å². The third-order valence-corrected chi connectivity index (χ3v) is 4.75. The molecule has 1 amide bonds. The van der Waals surface area contributed by atoms with Crippen LogP contribution < -0.4 is 20.5 Å². The summed E-state index contributed by atoms with van der Waals surface area (Å²) in [7, 11) is 0. The lowest BCUT2D eigenvalue weighted by molar-refractivity contribution is 0.0952. The van der Waals surface area contributed by atoms with Crippen molar-refractivity contribution in [2.24, 2.45) is 0 Å². The Morgan fingerprint density at radius 3 is 2.82 bits per heavy atom. The van der Waals surface area contributed by atoms with Gasteiger partial charge in [0.2, 0.25) is 6.79 Å². The Morgan fingerprint density at radius 2 is 2.09 bits per heavy atom. The molecule has 0 unspecified atom stereocenters. The number of nitrogens with two attached hydrogens (primary N) is 1. The number of nitrogen functional groups attached to an aromatic ring is 1. The number of rotatable bonds is 4. The summed E-state index contributed by atoms with van der Waals surface area (Å²) in [6.45, 7) is 4.83. The van der Waals surface area contributed by atoms with E-state index in [4.69, 9.17) is 15.2 Å². The summed E-state index contributed by atoms with van der Waals surface area (Å²) in [5.74, 6) is 1.66. The summed E-state index contributed by atoms with van der Waals surface area (Å²) in [4.78, 5) is 13.4. The number of carbonyl (C=O) groups is 1. The van der Waals surface area contributed by atoms with Gasteiger partial charge in [-0.05, 0) is 29.7 Å². The van der Waals surface area contributed by atoms with Crippen LogP contribution in [0.2, 0.25) is 0 Å². The number of hydrogen-bond donors (Lipinski definition) is 2. The van der Waals surface area contributed by atoms with Gasteiger partial charge in [-0.15, -0.1) is 11.3 Å². The first-order valence-electron chi connectivity index (χ1n) is 7.10. The Balaban J connectivity index is 1.67.